The zero-order valence-electron chi connectivity index (χ0n) is 11.8. The molecule has 1 aliphatic heterocycles. The van der Waals surface area contributed by atoms with Crippen LogP contribution in [-0.4, -0.2) is 17.7 Å². The second-order valence-corrected chi connectivity index (χ2v) is 5.05. The Kier molecular flexibility index (Phi) is 4.14. The lowest BCUT2D eigenvalue weighted by Gasteiger charge is -2.09. The Morgan fingerprint density at radius 2 is 1.91 bits per heavy atom. The molecule has 0 radical (unpaired) electrons. The van der Waals surface area contributed by atoms with Crippen molar-refractivity contribution in [2.24, 2.45) is 5.16 Å². The van der Waals surface area contributed by atoms with Gasteiger partial charge in [0.25, 0.3) is 5.91 Å². The molecule has 0 aromatic heterocycles. The van der Waals surface area contributed by atoms with E-state index in [2.05, 4.69) is 10.5 Å². The number of oxime groups is 1. The number of carbonyl (C=O) groups excluding carboxylic acids is 1. The van der Waals surface area contributed by atoms with E-state index in [1.807, 2.05) is 30.3 Å². The zero-order chi connectivity index (χ0) is 15.4. The third-order valence-electron chi connectivity index (χ3n) is 3.45. The molecule has 0 aliphatic carbocycles. The molecule has 1 unspecified atom stereocenters. The summed E-state index contributed by atoms with van der Waals surface area (Å²) in [6.07, 6.45) is -0.254. The molecule has 1 amide bonds. The van der Waals surface area contributed by atoms with Crippen LogP contribution in [0.1, 0.15) is 17.5 Å². The Hall–Kier alpha value is -2.69. The van der Waals surface area contributed by atoms with Gasteiger partial charge in [-0.3, -0.25) is 4.79 Å². The molecule has 112 valence electrons. The largest absolute Gasteiger partial charge is 0.382 e. The first-order chi connectivity index (χ1) is 10.7. The summed E-state index contributed by atoms with van der Waals surface area (Å²) >= 11 is 0. The summed E-state index contributed by atoms with van der Waals surface area (Å²) in [5.74, 6) is -0.509. The van der Waals surface area contributed by atoms with Crippen molar-refractivity contribution in [1.82, 2.24) is 5.32 Å². The van der Waals surface area contributed by atoms with Gasteiger partial charge in [-0.2, -0.15) is 0 Å². The van der Waals surface area contributed by atoms with Crippen molar-refractivity contribution in [2.75, 3.05) is 0 Å². The lowest BCUT2D eigenvalue weighted by Crippen LogP contribution is -2.34. The van der Waals surface area contributed by atoms with Crippen LogP contribution in [0.3, 0.4) is 0 Å². The van der Waals surface area contributed by atoms with Crippen molar-refractivity contribution in [1.29, 1.82) is 0 Å². The van der Waals surface area contributed by atoms with Crippen LogP contribution in [0.2, 0.25) is 0 Å². The highest BCUT2D eigenvalue weighted by atomic mass is 19.1. The molecule has 0 saturated carbocycles. The summed E-state index contributed by atoms with van der Waals surface area (Å²) in [6.45, 7) is 0.450. The Morgan fingerprint density at radius 3 is 2.64 bits per heavy atom. The quantitative estimate of drug-likeness (QED) is 0.943. The predicted molar refractivity (Wildman–Crippen MR) is 80.7 cm³/mol. The van der Waals surface area contributed by atoms with Crippen molar-refractivity contribution >= 4 is 11.6 Å². The number of nitrogens with zero attached hydrogens (tertiary/aromatic N) is 1. The highest BCUT2D eigenvalue weighted by molar-refractivity contribution is 6.04. The van der Waals surface area contributed by atoms with E-state index in [4.69, 9.17) is 4.84 Å². The van der Waals surface area contributed by atoms with E-state index in [9.17, 15) is 9.18 Å². The minimum Gasteiger partial charge on any atom is -0.382 e. The van der Waals surface area contributed by atoms with Gasteiger partial charge in [-0.25, -0.2) is 4.39 Å². The van der Waals surface area contributed by atoms with Gasteiger partial charge < -0.3 is 10.2 Å². The Labute approximate surface area is 127 Å². The number of hydrogen-bond acceptors (Lipinski definition) is 3. The van der Waals surface area contributed by atoms with Crippen LogP contribution in [0, 0.1) is 5.82 Å². The van der Waals surface area contributed by atoms with Crippen molar-refractivity contribution in [3.05, 3.63) is 71.5 Å². The zero-order valence-corrected chi connectivity index (χ0v) is 11.8. The van der Waals surface area contributed by atoms with Gasteiger partial charge in [-0.1, -0.05) is 47.6 Å². The Morgan fingerprint density at radius 1 is 1.18 bits per heavy atom. The molecule has 0 spiro atoms. The average molecular weight is 298 g/mol. The van der Waals surface area contributed by atoms with Crippen LogP contribution in [0.5, 0.6) is 0 Å². The first kappa shape index (κ1) is 14.3. The fourth-order valence-electron chi connectivity index (χ4n) is 2.23. The molecule has 3 rings (SSSR count). The number of hydrogen-bond donors (Lipinski definition) is 1. The fraction of sp³-hybridized carbons (Fsp3) is 0.176. The fourth-order valence-corrected chi connectivity index (χ4v) is 2.23. The van der Waals surface area contributed by atoms with Crippen molar-refractivity contribution in [3.63, 3.8) is 0 Å². The highest BCUT2D eigenvalue weighted by Gasteiger charge is 2.28. The molecular formula is C17H15FN2O2. The maximum atomic E-state index is 12.9. The van der Waals surface area contributed by atoms with E-state index in [0.29, 0.717) is 18.7 Å². The molecule has 22 heavy (non-hydrogen) atoms. The number of carbonyl (C=O) groups is 1. The Bertz CT molecular complexity index is 684. The Balaban J connectivity index is 1.55. The standard InChI is InChI=1S/C17H15FN2O2/c18-14-8-6-13(7-9-14)15-10-16(22-20-15)17(21)19-11-12-4-2-1-3-5-12/h1-9,16H,10-11H2,(H,19,21). The number of benzene rings is 2. The van der Waals surface area contributed by atoms with E-state index in [0.717, 1.165) is 11.1 Å². The molecule has 2 aromatic rings. The second kappa shape index (κ2) is 6.39. The molecule has 1 heterocycles. The topological polar surface area (TPSA) is 50.7 Å². The number of halogens is 1. The minimum absolute atomic E-state index is 0.204. The maximum absolute atomic E-state index is 12.9. The summed E-state index contributed by atoms with van der Waals surface area (Å²) in [4.78, 5) is 17.3. The monoisotopic (exact) mass is 298 g/mol. The van der Waals surface area contributed by atoms with Gasteiger partial charge in [0.05, 0.1) is 5.71 Å². The van der Waals surface area contributed by atoms with Gasteiger partial charge in [-0.05, 0) is 23.3 Å². The molecule has 5 heteroatoms. The van der Waals surface area contributed by atoms with Crippen LogP contribution in [0.15, 0.2) is 59.8 Å². The summed E-state index contributed by atoms with van der Waals surface area (Å²) in [5, 5.41) is 6.75. The van der Waals surface area contributed by atoms with Crippen LogP contribution < -0.4 is 5.32 Å². The normalized spacial score (nSPS) is 16.8. The maximum Gasteiger partial charge on any atom is 0.264 e. The summed E-state index contributed by atoms with van der Waals surface area (Å²) in [6, 6.07) is 15.6. The third kappa shape index (κ3) is 3.31. The third-order valence-corrected chi connectivity index (χ3v) is 3.45. The highest BCUT2D eigenvalue weighted by Crippen LogP contribution is 2.17. The number of nitrogens with one attached hydrogen (secondary N) is 1. The molecule has 0 bridgehead atoms. The molecule has 1 atom stereocenters. The van der Waals surface area contributed by atoms with E-state index in [1.165, 1.54) is 12.1 Å². The van der Waals surface area contributed by atoms with Crippen molar-refractivity contribution < 1.29 is 14.0 Å². The average Bonchev–Trinajstić information content (AvgIpc) is 3.04. The molecular weight excluding hydrogens is 283 g/mol. The van der Waals surface area contributed by atoms with Crippen molar-refractivity contribution in [3.8, 4) is 0 Å². The summed E-state index contributed by atoms with van der Waals surface area (Å²) in [7, 11) is 0. The van der Waals surface area contributed by atoms with Gasteiger partial charge in [-0.15, -0.1) is 0 Å². The van der Waals surface area contributed by atoms with Crippen LogP contribution in [0.25, 0.3) is 0 Å². The summed E-state index contributed by atoms with van der Waals surface area (Å²) < 4.78 is 12.9. The van der Waals surface area contributed by atoms with E-state index in [1.54, 1.807) is 12.1 Å². The van der Waals surface area contributed by atoms with Crippen LogP contribution >= 0.6 is 0 Å². The lowest BCUT2D eigenvalue weighted by molar-refractivity contribution is -0.131. The molecule has 0 saturated heterocycles. The lowest BCUT2D eigenvalue weighted by atomic mass is 10.0. The van der Waals surface area contributed by atoms with E-state index >= 15 is 0 Å². The predicted octanol–water partition coefficient (Wildman–Crippen LogP) is 2.64. The van der Waals surface area contributed by atoms with Gasteiger partial charge in [0.1, 0.15) is 5.82 Å². The molecule has 0 fully saturated rings. The van der Waals surface area contributed by atoms with Gasteiger partial charge in [0, 0.05) is 13.0 Å². The van der Waals surface area contributed by atoms with E-state index < -0.39 is 6.10 Å². The first-order valence-corrected chi connectivity index (χ1v) is 7.02. The molecule has 4 nitrogen and oxygen atoms in total. The summed E-state index contributed by atoms with van der Waals surface area (Å²) in [5.41, 5.74) is 2.44. The van der Waals surface area contributed by atoms with Crippen LogP contribution in [0.4, 0.5) is 4.39 Å². The minimum atomic E-state index is -0.635. The van der Waals surface area contributed by atoms with Gasteiger partial charge in [0.15, 0.2) is 0 Å². The molecule has 2 aromatic carbocycles. The van der Waals surface area contributed by atoms with Crippen molar-refractivity contribution in [2.45, 2.75) is 19.1 Å². The van der Waals surface area contributed by atoms with Crippen LogP contribution in [-0.2, 0) is 16.2 Å². The first-order valence-electron chi connectivity index (χ1n) is 7.02. The van der Waals surface area contributed by atoms with Gasteiger partial charge >= 0.3 is 0 Å². The molecule has 1 N–H and O–H groups in total. The number of amides is 1. The van der Waals surface area contributed by atoms with Gasteiger partial charge in [0.2, 0.25) is 6.10 Å². The smallest absolute Gasteiger partial charge is 0.264 e. The SMILES string of the molecule is O=C(NCc1ccccc1)C1CC(c2ccc(F)cc2)=NO1. The van der Waals surface area contributed by atoms with E-state index in [-0.39, 0.29) is 11.7 Å². The molecule has 1 aliphatic rings. The number of rotatable bonds is 4. The second-order valence-electron chi connectivity index (χ2n) is 5.05.